The number of fused-ring (bicyclic) bond motifs is 1. The first kappa shape index (κ1) is 15.6. The molecule has 0 spiro atoms. The molecule has 5 heteroatoms. The van der Waals surface area contributed by atoms with Crippen molar-refractivity contribution in [2.45, 2.75) is 19.9 Å². The highest BCUT2D eigenvalue weighted by Gasteiger charge is 2.08. The Labute approximate surface area is 138 Å². The molecular formula is C18H16ClFN2O. The molecule has 0 aliphatic heterocycles. The normalized spacial score (nSPS) is 10.9. The first-order valence-electron chi connectivity index (χ1n) is 7.39. The van der Waals surface area contributed by atoms with Crippen molar-refractivity contribution < 1.29 is 9.18 Å². The van der Waals surface area contributed by atoms with Gasteiger partial charge in [-0.05, 0) is 53.8 Å². The Morgan fingerprint density at radius 2 is 2.04 bits per heavy atom. The molecule has 0 radical (unpaired) electrons. The van der Waals surface area contributed by atoms with Gasteiger partial charge in [-0.3, -0.25) is 4.79 Å². The largest absolute Gasteiger partial charge is 0.338 e. The summed E-state index contributed by atoms with van der Waals surface area (Å²) in [6.07, 6.45) is 2.87. The van der Waals surface area contributed by atoms with Gasteiger partial charge in [-0.1, -0.05) is 24.6 Å². The topological polar surface area (TPSA) is 34.0 Å². The van der Waals surface area contributed by atoms with E-state index in [1.807, 2.05) is 22.9 Å². The summed E-state index contributed by atoms with van der Waals surface area (Å²) in [6, 6.07) is 12.3. The van der Waals surface area contributed by atoms with Gasteiger partial charge >= 0.3 is 0 Å². The van der Waals surface area contributed by atoms with Crippen LogP contribution in [0.3, 0.4) is 0 Å². The number of carbonyl (C=O) groups is 1. The summed E-state index contributed by atoms with van der Waals surface area (Å²) in [7, 11) is 0. The van der Waals surface area contributed by atoms with E-state index in [4.69, 9.17) is 11.6 Å². The van der Waals surface area contributed by atoms with Crippen LogP contribution in [0.5, 0.6) is 0 Å². The number of nitrogens with one attached hydrogen (secondary N) is 1. The number of rotatable bonds is 4. The van der Waals surface area contributed by atoms with E-state index in [2.05, 4.69) is 24.4 Å². The molecule has 0 aliphatic rings. The van der Waals surface area contributed by atoms with Crippen LogP contribution in [0.15, 0.2) is 48.7 Å². The van der Waals surface area contributed by atoms with Gasteiger partial charge in [0.05, 0.1) is 5.02 Å². The Hall–Kier alpha value is -2.33. The fraction of sp³-hybridized carbons (Fsp3) is 0.167. The highest BCUT2D eigenvalue weighted by molar-refractivity contribution is 6.31. The third kappa shape index (κ3) is 3.37. The van der Waals surface area contributed by atoms with Gasteiger partial charge in [-0.25, -0.2) is 4.39 Å². The summed E-state index contributed by atoms with van der Waals surface area (Å²) in [5.41, 5.74) is 2.75. The molecule has 23 heavy (non-hydrogen) atoms. The summed E-state index contributed by atoms with van der Waals surface area (Å²) >= 11 is 5.72. The summed E-state index contributed by atoms with van der Waals surface area (Å²) in [4.78, 5) is 12.2. The van der Waals surface area contributed by atoms with Crippen molar-refractivity contribution in [3.8, 4) is 0 Å². The number of hydrogen-bond donors (Lipinski definition) is 1. The maximum Gasteiger partial charge on any atom is 0.244 e. The number of anilines is 1. The molecule has 0 unspecified atom stereocenters. The van der Waals surface area contributed by atoms with Gasteiger partial charge in [0.15, 0.2) is 0 Å². The lowest BCUT2D eigenvalue weighted by molar-refractivity contribution is -0.116. The fourth-order valence-electron chi connectivity index (χ4n) is 2.54. The Morgan fingerprint density at radius 1 is 1.22 bits per heavy atom. The smallest absolute Gasteiger partial charge is 0.244 e. The van der Waals surface area contributed by atoms with Crippen LogP contribution in [-0.2, 0) is 17.8 Å². The minimum atomic E-state index is -0.507. The third-order valence-electron chi connectivity index (χ3n) is 3.76. The Balaban J connectivity index is 1.76. The molecule has 0 atom stereocenters. The van der Waals surface area contributed by atoms with Crippen molar-refractivity contribution in [3.63, 3.8) is 0 Å². The van der Waals surface area contributed by atoms with E-state index in [0.717, 1.165) is 17.3 Å². The van der Waals surface area contributed by atoms with Crippen LogP contribution in [0.25, 0.3) is 10.9 Å². The molecule has 0 bridgehead atoms. The van der Waals surface area contributed by atoms with Gasteiger partial charge in [0.25, 0.3) is 0 Å². The van der Waals surface area contributed by atoms with E-state index in [1.54, 1.807) is 0 Å². The molecule has 0 aliphatic carbocycles. The van der Waals surface area contributed by atoms with Crippen LogP contribution in [0.2, 0.25) is 5.02 Å². The number of nitrogens with zero attached hydrogens (tertiary/aromatic N) is 1. The van der Waals surface area contributed by atoms with Crippen LogP contribution in [0.1, 0.15) is 12.5 Å². The molecule has 1 N–H and O–H groups in total. The molecule has 1 amide bonds. The van der Waals surface area contributed by atoms with E-state index in [9.17, 15) is 9.18 Å². The monoisotopic (exact) mass is 330 g/mol. The quantitative estimate of drug-likeness (QED) is 0.743. The molecular weight excluding hydrogens is 315 g/mol. The Kier molecular flexibility index (Phi) is 4.35. The summed E-state index contributed by atoms with van der Waals surface area (Å²) < 4.78 is 15.0. The standard InChI is InChI=1S/C18H16ClFN2O/c1-2-12-3-6-17-13(9-12)7-8-22(17)11-18(23)21-14-4-5-16(20)15(19)10-14/h3-10H,2,11H2,1H3,(H,21,23). The van der Waals surface area contributed by atoms with E-state index in [-0.39, 0.29) is 17.5 Å². The minimum Gasteiger partial charge on any atom is -0.338 e. The average Bonchev–Trinajstić information content (AvgIpc) is 2.93. The van der Waals surface area contributed by atoms with E-state index >= 15 is 0 Å². The SMILES string of the molecule is CCc1ccc2c(ccn2CC(=O)Nc2ccc(F)c(Cl)c2)c1. The lowest BCUT2D eigenvalue weighted by Gasteiger charge is -2.08. The maximum atomic E-state index is 13.1. The second kappa shape index (κ2) is 6.42. The minimum absolute atomic E-state index is 0.0127. The third-order valence-corrected chi connectivity index (χ3v) is 4.05. The highest BCUT2D eigenvalue weighted by atomic mass is 35.5. The van der Waals surface area contributed by atoms with E-state index < -0.39 is 5.82 Å². The second-order valence-corrected chi connectivity index (χ2v) is 5.77. The molecule has 1 heterocycles. The molecule has 3 nitrogen and oxygen atoms in total. The zero-order valence-corrected chi connectivity index (χ0v) is 13.4. The van der Waals surface area contributed by atoms with Crippen molar-refractivity contribution >= 4 is 34.1 Å². The van der Waals surface area contributed by atoms with Gasteiger partial charge < -0.3 is 9.88 Å². The summed E-state index contributed by atoms with van der Waals surface area (Å²) in [5.74, 6) is -0.697. The van der Waals surface area contributed by atoms with Gasteiger partial charge in [-0.2, -0.15) is 0 Å². The first-order valence-corrected chi connectivity index (χ1v) is 7.77. The van der Waals surface area contributed by atoms with E-state index in [1.165, 1.54) is 23.8 Å². The molecule has 1 aromatic heterocycles. The number of halogens is 2. The van der Waals surface area contributed by atoms with Crippen molar-refractivity contribution in [2.24, 2.45) is 0 Å². The van der Waals surface area contributed by atoms with Crippen molar-refractivity contribution in [1.82, 2.24) is 4.57 Å². The van der Waals surface area contributed by atoms with Gasteiger partial charge in [0, 0.05) is 17.4 Å². The number of aryl methyl sites for hydroxylation is 1. The summed E-state index contributed by atoms with van der Waals surface area (Å²) in [5, 5.41) is 3.82. The molecule has 2 aromatic carbocycles. The number of amides is 1. The van der Waals surface area contributed by atoms with Crippen LogP contribution in [0, 0.1) is 5.82 Å². The lowest BCUT2D eigenvalue weighted by atomic mass is 10.1. The summed E-state index contributed by atoms with van der Waals surface area (Å²) in [6.45, 7) is 2.30. The highest BCUT2D eigenvalue weighted by Crippen LogP contribution is 2.20. The fourth-order valence-corrected chi connectivity index (χ4v) is 2.72. The number of benzene rings is 2. The molecule has 0 fully saturated rings. The number of hydrogen-bond acceptors (Lipinski definition) is 1. The Bertz CT molecular complexity index is 873. The van der Waals surface area contributed by atoms with Crippen molar-refractivity contribution in [1.29, 1.82) is 0 Å². The molecule has 0 saturated heterocycles. The van der Waals surface area contributed by atoms with Crippen LogP contribution in [-0.4, -0.2) is 10.5 Å². The lowest BCUT2D eigenvalue weighted by Crippen LogP contribution is -2.18. The Morgan fingerprint density at radius 3 is 2.78 bits per heavy atom. The van der Waals surface area contributed by atoms with Crippen molar-refractivity contribution in [2.75, 3.05) is 5.32 Å². The maximum absolute atomic E-state index is 13.1. The van der Waals surface area contributed by atoms with Gasteiger partial charge in [0.2, 0.25) is 5.91 Å². The molecule has 0 saturated carbocycles. The molecule has 3 rings (SSSR count). The van der Waals surface area contributed by atoms with Gasteiger partial charge in [-0.15, -0.1) is 0 Å². The molecule has 118 valence electrons. The zero-order chi connectivity index (χ0) is 16.4. The predicted molar refractivity (Wildman–Crippen MR) is 91.4 cm³/mol. The van der Waals surface area contributed by atoms with E-state index in [0.29, 0.717) is 5.69 Å². The average molecular weight is 331 g/mol. The number of aromatic nitrogens is 1. The van der Waals surface area contributed by atoms with Crippen LogP contribution >= 0.6 is 11.6 Å². The predicted octanol–water partition coefficient (Wildman–Crippen LogP) is 4.63. The molecule has 3 aromatic rings. The van der Waals surface area contributed by atoms with Gasteiger partial charge in [0.1, 0.15) is 12.4 Å². The van der Waals surface area contributed by atoms with Crippen LogP contribution in [0.4, 0.5) is 10.1 Å². The zero-order valence-electron chi connectivity index (χ0n) is 12.6. The van der Waals surface area contributed by atoms with Crippen LogP contribution < -0.4 is 5.32 Å². The second-order valence-electron chi connectivity index (χ2n) is 5.37. The number of carbonyl (C=O) groups excluding carboxylic acids is 1. The first-order chi connectivity index (χ1) is 11.1. The van der Waals surface area contributed by atoms with Crippen molar-refractivity contribution in [3.05, 3.63) is 65.1 Å².